The standard InChI is InChI=1S/C21H20N2O2S/c1-15(16-7-3-2-4-8-16)13-22-21(25)18-9-5-6-10-19(18)23-20(24)17-11-12-26-14-17/h2-12,14-15H,13H2,1H3,(H,22,25)(H,23,24). The molecule has 2 N–H and O–H groups in total. The maximum atomic E-state index is 12.6. The number of thiophene rings is 1. The molecule has 0 fully saturated rings. The first-order valence-corrected chi connectivity index (χ1v) is 9.35. The summed E-state index contributed by atoms with van der Waals surface area (Å²) in [5, 5.41) is 9.40. The first kappa shape index (κ1) is 17.9. The Morgan fingerprint density at radius 2 is 1.69 bits per heavy atom. The maximum absolute atomic E-state index is 12.6. The van der Waals surface area contributed by atoms with Gasteiger partial charge in [-0.25, -0.2) is 0 Å². The Bertz CT molecular complexity index is 876. The monoisotopic (exact) mass is 364 g/mol. The first-order chi connectivity index (χ1) is 12.6. The van der Waals surface area contributed by atoms with Gasteiger partial charge in [0, 0.05) is 11.9 Å². The number of carbonyl (C=O) groups is 2. The molecule has 2 amide bonds. The van der Waals surface area contributed by atoms with E-state index in [0.717, 1.165) is 0 Å². The number of rotatable bonds is 6. The highest BCUT2D eigenvalue weighted by molar-refractivity contribution is 7.08. The zero-order valence-electron chi connectivity index (χ0n) is 14.4. The summed E-state index contributed by atoms with van der Waals surface area (Å²) in [4.78, 5) is 24.9. The van der Waals surface area contributed by atoms with Crippen molar-refractivity contribution in [1.82, 2.24) is 5.32 Å². The third-order valence-corrected chi connectivity index (χ3v) is 4.82. The van der Waals surface area contributed by atoms with Crippen LogP contribution in [0, 0.1) is 0 Å². The molecule has 0 aliphatic carbocycles. The van der Waals surface area contributed by atoms with E-state index in [1.165, 1.54) is 16.9 Å². The van der Waals surface area contributed by atoms with E-state index in [9.17, 15) is 9.59 Å². The van der Waals surface area contributed by atoms with Crippen LogP contribution in [0.4, 0.5) is 5.69 Å². The molecule has 26 heavy (non-hydrogen) atoms. The summed E-state index contributed by atoms with van der Waals surface area (Å²) < 4.78 is 0. The zero-order valence-corrected chi connectivity index (χ0v) is 15.3. The number of hydrogen-bond acceptors (Lipinski definition) is 3. The highest BCUT2D eigenvalue weighted by Crippen LogP contribution is 2.18. The number of amides is 2. The Morgan fingerprint density at radius 3 is 2.42 bits per heavy atom. The molecule has 0 saturated heterocycles. The predicted molar refractivity (Wildman–Crippen MR) is 106 cm³/mol. The van der Waals surface area contributed by atoms with Crippen molar-refractivity contribution in [1.29, 1.82) is 0 Å². The highest BCUT2D eigenvalue weighted by Gasteiger charge is 2.15. The number of hydrogen-bond donors (Lipinski definition) is 2. The summed E-state index contributed by atoms with van der Waals surface area (Å²) in [7, 11) is 0. The second-order valence-corrected chi connectivity index (χ2v) is 6.81. The average molecular weight is 364 g/mol. The molecule has 3 rings (SSSR count). The van der Waals surface area contributed by atoms with Crippen LogP contribution >= 0.6 is 11.3 Å². The van der Waals surface area contributed by atoms with Gasteiger partial charge >= 0.3 is 0 Å². The summed E-state index contributed by atoms with van der Waals surface area (Å²) in [6.07, 6.45) is 0. The fourth-order valence-corrected chi connectivity index (χ4v) is 3.25. The number of para-hydroxylation sites is 1. The van der Waals surface area contributed by atoms with E-state index in [4.69, 9.17) is 0 Å². The van der Waals surface area contributed by atoms with E-state index >= 15 is 0 Å². The van der Waals surface area contributed by atoms with Crippen molar-refractivity contribution in [3.05, 3.63) is 88.1 Å². The van der Waals surface area contributed by atoms with Crippen molar-refractivity contribution in [3.8, 4) is 0 Å². The van der Waals surface area contributed by atoms with Crippen LogP contribution in [0.25, 0.3) is 0 Å². The quantitative estimate of drug-likeness (QED) is 0.675. The predicted octanol–water partition coefficient (Wildman–Crippen LogP) is 4.53. The third-order valence-electron chi connectivity index (χ3n) is 4.14. The second-order valence-electron chi connectivity index (χ2n) is 6.03. The molecule has 0 aliphatic heterocycles. The molecule has 5 heteroatoms. The smallest absolute Gasteiger partial charge is 0.256 e. The number of anilines is 1. The minimum absolute atomic E-state index is 0.200. The van der Waals surface area contributed by atoms with Gasteiger partial charge in [-0.1, -0.05) is 49.4 Å². The van der Waals surface area contributed by atoms with Gasteiger partial charge in [-0.05, 0) is 35.1 Å². The summed E-state index contributed by atoms with van der Waals surface area (Å²) in [6, 6.07) is 18.8. The largest absolute Gasteiger partial charge is 0.351 e. The molecular formula is C21H20N2O2S. The zero-order chi connectivity index (χ0) is 18.4. The fraction of sp³-hybridized carbons (Fsp3) is 0.143. The Balaban J connectivity index is 1.67. The van der Waals surface area contributed by atoms with Gasteiger partial charge < -0.3 is 10.6 Å². The van der Waals surface area contributed by atoms with Crippen LogP contribution in [-0.4, -0.2) is 18.4 Å². The number of carbonyl (C=O) groups excluding carboxylic acids is 2. The third kappa shape index (κ3) is 4.37. The Morgan fingerprint density at radius 1 is 0.962 bits per heavy atom. The molecule has 0 saturated carbocycles. The van der Waals surface area contributed by atoms with Crippen LogP contribution < -0.4 is 10.6 Å². The van der Waals surface area contributed by atoms with Crippen LogP contribution in [0.1, 0.15) is 39.1 Å². The average Bonchev–Trinajstić information content (AvgIpc) is 3.22. The summed E-state index contributed by atoms with van der Waals surface area (Å²) in [6.45, 7) is 2.59. The van der Waals surface area contributed by atoms with E-state index in [2.05, 4.69) is 17.6 Å². The lowest BCUT2D eigenvalue weighted by molar-refractivity contribution is 0.0952. The number of benzene rings is 2. The maximum Gasteiger partial charge on any atom is 0.256 e. The Kier molecular flexibility index (Phi) is 5.81. The van der Waals surface area contributed by atoms with Crippen LogP contribution in [-0.2, 0) is 0 Å². The van der Waals surface area contributed by atoms with Crippen molar-refractivity contribution in [2.45, 2.75) is 12.8 Å². The summed E-state index contributed by atoms with van der Waals surface area (Å²) in [5.74, 6) is -0.217. The lowest BCUT2D eigenvalue weighted by atomic mass is 10.0. The SMILES string of the molecule is CC(CNC(=O)c1ccccc1NC(=O)c1ccsc1)c1ccccc1. The molecule has 0 aliphatic rings. The topological polar surface area (TPSA) is 58.2 Å². The van der Waals surface area contributed by atoms with Gasteiger partial charge in [-0.3, -0.25) is 9.59 Å². The van der Waals surface area contributed by atoms with Crippen molar-refractivity contribution < 1.29 is 9.59 Å². The minimum Gasteiger partial charge on any atom is -0.351 e. The van der Waals surface area contributed by atoms with Crippen molar-refractivity contribution in [2.24, 2.45) is 0 Å². The van der Waals surface area contributed by atoms with Crippen LogP contribution in [0.2, 0.25) is 0 Å². The van der Waals surface area contributed by atoms with Crippen LogP contribution in [0.5, 0.6) is 0 Å². The van der Waals surface area contributed by atoms with Crippen LogP contribution in [0.15, 0.2) is 71.4 Å². The molecule has 3 aromatic rings. The lowest BCUT2D eigenvalue weighted by Crippen LogP contribution is -2.28. The molecule has 1 aromatic heterocycles. The van der Waals surface area contributed by atoms with Gasteiger partial charge in [0.15, 0.2) is 0 Å². The molecule has 4 nitrogen and oxygen atoms in total. The molecule has 1 heterocycles. The fourth-order valence-electron chi connectivity index (χ4n) is 2.62. The second kappa shape index (κ2) is 8.45. The van der Waals surface area contributed by atoms with Gasteiger partial charge in [0.25, 0.3) is 11.8 Å². The Hall–Kier alpha value is -2.92. The lowest BCUT2D eigenvalue weighted by Gasteiger charge is -2.15. The van der Waals surface area contributed by atoms with E-state index < -0.39 is 0 Å². The molecule has 0 radical (unpaired) electrons. The number of nitrogens with one attached hydrogen (secondary N) is 2. The van der Waals surface area contributed by atoms with Gasteiger partial charge in [-0.2, -0.15) is 11.3 Å². The Labute approximate surface area is 156 Å². The molecule has 0 bridgehead atoms. The molecule has 1 unspecified atom stereocenters. The minimum atomic E-state index is -0.218. The first-order valence-electron chi connectivity index (χ1n) is 8.41. The molecular weight excluding hydrogens is 344 g/mol. The van der Waals surface area contributed by atoms with E-state index in [-0.39, 0.29) is 17.7 Å². The van der Waals surface area contributed by atoms with E-state index in [1.807, 2.05) is 35.7 Å². The van der Waals surface area contributed by atoms with Gasteiger partial charge in [0.1, 0.15) is 0 Å². The molecule has 0 spiro atoms. The molecule has 1 atom stereocenters. The van der Waals surface area contributed by atoms with Gasteiger partial charge in [-0.15, -0.1) is 0 Å². The molecule has 132 valence electrons. The van der Waals surface area contributed by atoms with Crippen molar-refractivity contribution >= 4 is 28.8 Å². The summed E-state index contributed by atoms with van der Waals surface area (Å²) >= 11 is 1.46. The highest BCUT2D eigenvalue weighted by atomic mass is 32.1. The van der Waals surface area contributed by atoms with Gasteiger partial charge in [0.2, 0.25) is 0 Å². The molecule has 2 aromatic carbocycles. The van der Waals surface area contributed by atoms with E-state index in [0.29, 0.717) is 23.4 Å². The van der Waals surface area contributed by atoms with Crippen molar-refractivity contribution in [2.75, 3.05) is 11.9 Å². The van der Waals surface area contributed by atoms with Crippen molar-refractivity contribution in [3.63, 3.8) is 0 Å². The van der Waals surface area contributed by atoms with E-state index in [1.54, 1.807) is 35.7 Å². The summed E-state index contributed by atoms with van der Waals surface area (Å²) in [5.41, 5.74) is 2.72. The normalized spacial score (nSPS) is 11.6. The van der Waals surface area contributed by atoms with Crippen LogP contribution in [0.3, 0.4) is 0 Å². The van der Waals surface area contributed by atoms with Gasteiger partial charge in [0.05, 0.1) is 16.8 Å².